The third-order valence-corrected chi connectivity index (χ3v) is 3.51. The summed E-state index contributed by atoms with van der Waals surface area (Å²) >= 11 is 0. The van der Waals surface area contributed by atoms with Crippen molar-refractivity contribution in [2.24, 2.45) is 5.84 Å². The number of hydrazine groups is 1. The summed E-state index contributed by atoms with van der Waals surface area (Å²) in [6, 6.07) is 11.6. The highest BCUT2D eigenvalue weighted by Crippen LogP contribution is 2.21. The van der Waals surface area contributed by atoms with Gasteiger partial charge in [-0.1, -0.05) is 41.5 Å². The van der Waals surface area contributed by atoms with E-state index in [1.807, 2.05) is 6.07 Å². The van der Waals surface area contributed by atoms with Crippen molar-refractivity contribution in [2.45, 2.75) is 33.2 Å². The van der Waals surface area contributed by atoms with Crippen LogP contribution in [0.1, 0.15) is 33.9 Å². The lowest BCUT2D eigenvalue weighted by molar-refractivity contribution is 0.548. The van der Waals surface area contributed by atoms with Crippen molar-refractivity contribution in [1.82, 2.24) is 5.43 Å². The average Bonchev–Trinajstić information content (AvgIpc) is 2.38. The van der Waals surface area contributed by atoms with Gasteiger partial charge in [-0.05, 0) is 49.9 Å². The Bertz CT molecular complexity index is 588. The molecule has 0 saturated heterocycles. The van der Waals surface area contributed by atoms with Crippen molar-refractivity contribution in [2.75, 3.05) is 0 Å². The molecule has 0 spiro atoms. The van der Waals surface area contributed by atoms with Gasteiger partial charge in [-0.3, -0.25) is 11.3 Å². The van der Waals surface area contributed by atoms with Crippen molar-refractivity contribution in [3.05, 3.63) is 70.0 Å². The topological polar surface area (TPSA) is 38.0 Å². The van der Waals surface area contributed by atoms with Gasteiger partial charge in [0.05, 0.1) is 0 Å². The second-order valence-corrected chi connectivity index (χ2v) is 5.43. The molecule has 2 aromatic rings. The minimum absolute atomic E-state index is 0.0181. The highest BCUT2D eigenvalue weighted by atomic mass is 19.1. The lowest BCUT2D eigenvalue weighted by atomic mass is 9.96. The first-order valence-electron chi connectivity index (χ1n) is 6.79. The Balaban J connectivity index is 2.26. The van der Waals surface area contributed by atoms with Gasteiger partial charge >= 0.3 is 0 Å². The van der Waals surface area contributed by atoms with Gasteiger partial charge in [-0.25, -0.2) is 4.39 Å². The Morgan fingerprint density at radius 1 is 1.05 bits per heavy atom. The second-order valence-electron chi connectivity index (χ2n) is 5.43. The van der Waals surface area contributed by atoms with E-state index in [2.05, 4.69) is 37.5 Å². The Kier molecular flexibility index (Phi) is 4.53. The first-order chi connectivity index (χ1) is 9.49. The van der Waals surface area contributed by atoms with Crippen molar-refractivity contribution in [3.63, 3.8) is 0 Å². The molecule has 0 aliphatic carbocycles. The Morgan fingerprint density at radius 2 is 1.70 bits per heavy atom. The van der Waals surface area contributed by atoms with Crippen molar-refractivity contribution in [3.8, 4) is 0 Å². The third-order valence-electron chi connectivity index (χ3n) is 3.51. The van der Waals surface area contributed by atoms with Gasteiger partial charge in [0.25, 0.3) is 0 Å². The molecule has 106 valence electrons. The largest absolute Gasteiger partial charge is 0.271 e. The molecule has 1 unspecified atom stereocenters. The molecule has 1 atom stereocenters. The van der Waals surface area contributed by atoms with Crippen LogP contribution in [0.4, 0.5) is 4.39 Å². The summed E-state index contributed by atoms with van der Waals surface area (Å²) in [5.41, 5.74) is 8.19. The van der Waals surface area contributed by atoms with Crippen LogP contribution >= 0.6 is 0 Å². The molecule has 2 aromatic carbocycles. The Hall–Kier alpha value is -1.71. The molecular formula is C17H21FN2. The monoisotopic (exact) mass is 272 g/mol. The van der Waals surface area contributed by atoms with Crippen LogP contribution in [0.5, 0.6) is 0 Å². The predicted molar refractivity (Wildman–Crippen MR) is 80.8 cm³/mol. The van der Waals surface area contributed by atoms with Crippen LogP contribution in [0.15, 0.2) is 36.4 Å². The molecule has 0 aliphatic rings. The smallest absolute Gasteiger partial charge is 0.126 e. The van der Waals surface area contributed by atoms with E-state index < -0.39 is 0 Å². The molecule has 3 N–H and O–H groups in total. The SMILES string of the molecule is Cc1cc(C)cc(CC(NN)c2ccc(F)c(C)c2)c1. The highest BCUT2D eigenvalue weighted by molar-refractivity contribution is 5.32. The maximum atomic E-state index is 13.3. The molecule has 0 fully saturated rings. The molecule has 20 heavy (non-hydrogen) atoms. The van der Waals surface area contributed by atoms with Gasteiger partial charge in [0, 0.05) is 6.04 Å². The van der Waals surface area contributed by atoms with Crippen molar-refractivity contribution < 1.29 is 4.39 Å². The van der Waals surface area contributed by atoms with Gasteiger partial charge in [-0.2, -0.15) is 0 Å². The lowest BCUT2D eigenvalue weighted by Crippen LogP contribution is -2.29. The molecule has 0 amide bonds. The fourth-order valence-corrected chi connectivity index (χ4v) is 2.58. The first-order valence-corrected chi connectivity index (χ1v) is 6.79. The zero-order valence-corrected chi connectivity index (χ0v) is 12.2. The van der Waals surface area contributed by atoms with E-state index in [1.54, 1.807) is 13.0 Å². The summed E-state index contributed by atoms with van der Waals surface area (Å²) in [5, 5.41) is 0. The summed E-state index contributed by atoms with van der Waals surface area (Å²) in [7, 11) is 0. The lowest BCUT2D eigenvalue weighted by Gasteiger charge is -2.18. The summed E-state index contributed by atoms with van der Waals surface area (Å²) in [6.07, 6.45) is 0.782. The summed E-state index contributed by atoms with van der Waals surface area (Å²) in [5.74, 6) is 5.49. The predicted octanol–water partition coefficient (Wildman–Crippen LogP) is 3.50. The van der Waals surface area contributed by atoms with E-state index in [9.17, 15) is 4.39 Å². The van der Waals surface area contributed by atoms with Gasteiger partial charge in [-0.15, -0.1) is 0 Å². The molecular weight excluding hydrogens is 251 g/mol. The highest BCUT2D eigenvalue weighted by Gasteiger charge is 2.12. The summed E-state index contributed by atoms with van der Waals surface area (Å²) in [4.78, 5) is 0. The Morgan fingerprint density at radius 3 is 2.25 bits per heavy atom. The van der Waals surface area contributed by atoms with E-state index in [0.717, 1.165) is 12.0 Å². The quantitative estimate of drug-likeness (QED) is 0.660. The number of hydrogen-bond acceptors (Lipinski definition) is 2. The van der Waals surface area contributed by atoms with Crippen LogP contribution in [0.2, 0.25) is 0 Å². The van der Waals surface area contributed by atoms with Crippen LogP contribution in [-0.2, 0) is 6.42 Å². The van der Waals surface area contributed by atoms with Crippen LogP contribution in [0, 0.1) is 26.6 Å². The number of nitrogens with two attached hydrogens (primary N) is 1. The molecule has 0 aromatic heterocycles. The third kappa shape index (κ3) is 3.44. The van der Waals surface area contributed by atoms with Crippen LogP contribution in [0.25, 0.3) is 0 Å². The number of rotatable bonds is 4. The standard InChI is InChI=1S/C17H21FN2/c1-11-6-12(2)8-14(7-11)10-17(20-19)15-4-5-16(18)13(3)9-15/h4-9,17,20H,10,19H2,1-3H3. The van der Waals surface area contributed by atoms with Gasteiger partial charge in [0.15, 0.2) is 0 Å². The minimum atomic E-state index is -0.184. The molecule has 0 bridgehead atoms. The number of benzene rings is 2. The van der Waals surface area contributed by atoms with Gasteiger partial charge in [0.2, 0.25) is 0 Å². The molecule has 0 saturated carbocycles. The number of halogens is 1. The molecule has 2 rings (SSSR count). The van der Waals surface area contributed by atoms with Gasteiger partial charge in [0.1, 0.15) is 5.82 Å². The summed E-state index contributed by atoms with van der Waals surface area (Å²) < 4.78 is 13.3. The second kappa shape index (κ2) is 6.16. The summed E-state index contributed by atoms with van der Waals surface area (Å²) in [6.45, 7) is 5.94. The normalized spacial score (nSPS) is 12.4. The fourth-order valence-electron chi connectivity index (χ4n) is 2.58. The van der Waals surface area contributed by atoms with E-state index in [4.69, 9.17) is 5.84 Å². The van der Waals surface area contributed by atoms with E-state index in [0.29, 0.717) is 5.56 Å². The number of hydrogen-bond donors (Lipinski definition) is 2. The van der Waals surface area contributed by atoms with Gasteiger partial charge < -0.3 is 0 Å². The zero-order valence-electron chi connectivity index (χ0n) is 12.2. The van der Waals surface area contributed by atoms with Crippen LogP contribution in [0.3, 0.4) is 0 Å². The van der Waals surface area contributed by atoms with Crippen LogP contribution in [-0.4, -0.2) is 0 Å². The molecule has 3 heteroatoms. The van der Waals surface area contributed by atoms with Crippen molar-refractivity contribution in [1.29, 1.82) is 0 Å². The maximum absolute atomic E-state index is 13.3. The average molecular weight is 272 g/mol. The Labute approximate surface area is 119 Å². The van der Waals surface area contributed by atoms with E-state index >= 15 is 0 Å². The first kappa shape index (κ1) is 14.7. The zero-order chi connectivity index (χ0) is 14.7. The van der Waals surface area contributed by atoms with E-state index in [1.165, 1.54) is 22.8 Å². The fraction of sp³-hybridized carbons (Fsp3) is 0.294. The molecule has 0 heterocycles. The van der Waals surface area contributed by atoms with Crippen molar-refractivity contribution >= 4 is 0 Å². The maximum Gasteiger partial charge on any atom is 0.126 e. The number of nitrogens with one attached hydrogen (secondary N) is 1. The number of aryl methyl sites for hydroxylation is 3. The molecule has 2 nitrogen and oxygen atoms in total. The van der Waals surface area contributed by atoms with Crippen LogP contribution < -0.4 is 11.3 Å². The molecule has 0 aliphatic heterocycles. The minimum Gasteiger partial charge on any atom is -0.271 e. The van der Waals surface area contributed by atoms with E-state index in [-0.39, 0.29) is 11.9 Å². The molecule has 0 radical (unpaired) electrons.